The molecule has 0 unspecified atom stereocenters. The van der Waals surface area contributed by atoms with Crippen molar-refractivity contribution in [3.05, 3.63) is 53.4 Å². The minimum atomic E-state index is -0.531. The van der Waals surface area contributed by atoms with E-state index in [-0.39, 0.29) is 0 Å². The highest BCUT2D eigenvalue weighted by atomic mass is 16.5. The molecule has 0 aliphatic carbocycles. The summed E-state index contributed by atoms with van der Waals surface area (Å²) in [5.74, 6) is -0.531. The molecule has 26 heavy (non-hydrogen) atoms. The third-order valence-electron chi connectivity index (χ3n) is 4.66. The van der Waals surface area contributed by atoms with Crippen molar-refractivity contribution < 1.29 is 10.0 Å². The molecule has 0 spiro atoms. The summed E-state index contributed by atoms with van der Waals surface area (Å²) in [7, 11) is 1.99. The molecular weight excluding hydrogens is 330 g/mol. The summed E-state index contributed by atoms with van der Waals surface area (Å²) in [6, 6.07) is 10.1. The quantitative estimate of drug-likeness (QED) is 0.484. The molecule has 1 amide bonds. The Balaban J connectivity index is 1.64. The largest absolute Gasteiger partial charge is 0.368 e. The normalized spacial score (nSPS) is 15.6. The zero-order valence-corrected chi connectivity index (χ0v) is 15.2. The van der Waals surface area contributed by atoms with Crippen LogP contribution in [-0.4, -0.2) is 52.0 Å². The molecule has 2 N–H and O–H groups in total. The summed E-state index contributed by atoms with van der Waals surface area (Å²) in [5.41, 5.74) is 5.96. The number of hydrogen-bond donors (Lipinski definition) is 2. The lowest BCUT2D eigenvalue weighted by molar-refractivity contribution is -0.124. The Morgan fingerprint density at radius 3 is 2.65 bits per heavy atom. The molecule has 3 rings (SSSR count). The van der Waals surface area contributed by atoms with Crippen molar-refractivity contribution in [2.75, 3.05) is 31.1 Å². The molecule has 1 aliphatic heterocycles. The van der Waals surface area contributed by atoms with Gasteiger partial charge in [0.1, 0.15) is 0 Å². The second-order valence-electron chi connectivity index (χ2n) is 6.53. The topological polar surface area (TPSA) is 73.6 Å². The first-order chi connectivity index (χ1) is 12.6. The summed E-state index contributed by atoms with van der Waals surface area (Å²) in [6.45, 7) is 6.72. The van der Waals surface area contributed by atoms with E-state index in [1.165, 1.54) is 11.8 Å². The van der Waals surface area contributed by atoms with Gasteiger partial charge in [0.15, 0.2) is 0 Å². The highest BCUT2D eigenvalue weighted by Gasteiger charge is 2.19. The number of carbonyl (C=O) groups is 1. The van der Waals surface area contributed by atoms with Gasteiger partial charge in [-0.25, -0.2) is 5.48 Å². The first-order valence-corrected chi connectivity index (χ1v) is 8.75. The summed E-state index contributed by atoms with van der Waals surface area (Å²) >= 11 is 0. The summed E-state index contributed by atoms with van der Waals surface area (Å²) in [6.07, 6.45) is 3.06. The molecule has 0 atom stereocenters. The first-order valence-electron chi connectivity index (χ1n) is 8.75. The zero-order chi connectivity index (χ0) is 18.5. The predicted molar refractivity (Wildman–Crippen MR) is 101 cm³/mol. The fourth-order valence-electron chi connectivity index (χ4n) is 3.31. The molecular formula is C19H25N5O2. The standard InChI is InChI=1S/C19H25N5O2/c1-15-13-17(22(2)20-15)14-23-9-11-24(12-10-23)18-6-4-3-5-16(18)7-8-19(25)21-26/h3-8,13,26H,9-12,14H2,1-2H3,(H,21,25). The fourth-order valence-corrected chi connectivity index (χ4v) is 3.31. The molecule has 7 nitrogen and oxygen atoms in total. The van der Waals surface area contributed by atoms with Crippen LogP contribution in [0.2, 0.25) is 0 Å². The minimum absolute atomic E-state index is 0.531. The Labute approximate surface area is 153 Å². The van der Waals surface area contributed by atoms with Gasteiger partial charge in [0.2, 0.25) is 0 Å². The van der Waals surface area contributed by atoms with Crippen LogP contribution in [0.3, 0.4) is 0 Å². The van der Waals surface area contributed by atoms with Crippen LogP contribution in [0.15, 0.2) is 36.4 Å². The average molecular weight is 355 g/mol. The smallest absolute Gasteiger partial charge is 0.267 e. The van der Waals surface area contributed by atoms with E-state index in [2.05, 4.69) is 27.0 Å². The number of nitrogens with zero attached hydrogens (tertiary/aromatic N) is 4. The molecule has 0 bridgehead atoms. The van der Waals surface area contributed by atoms with Crippen LogP contribution in [0.1, 0.15) is 17.0 Å². The van der Waals surface area contributed by atoms with Crippen molar-refractivity contribution in [2.45, 2.75) is 13.5 Å². The van der Waals surface area contributed by atoms with Crippen LogP contribution < -0.4 is 10.4 Å². The molecule has 1 aliphatic rings. The minimum Gasteiger partial charge on any atom is -0.368 e. The highest BCUT2D eigenvalue weighted by molar-refractivity contribution is 5.91. The van der Waals surface area contributed by atoms with Crippen molar-refractivity contribution in [1.29, 1.82) is 0 Å². The molecule has 2 aromatic rings. The second-order valence-corrected chi connectivity index (χ2v) is 6.53. The number of aryl methyl sites for hydroxylation is 2. The Morgan fingerprint density at radius 2 is 2.00 bits per heavy atom. The van der Waals surface area contributed by atoms with Crippen LogP contribution in [-0.2, 0) is 18.4 Å². The number of benzene rings is 1. The highest BCUT2D eigenvalue weighted by Crippen LogP contribution is 2.23. The molecule has 138 valence electrons. The van der Waals surface area contributed by atoms with Gasteiger partial charge < -0.3 is 4.90 Å². The predicted octanol–water partition coefficient (Wildman–Crippen LogP) is 1.57. The molecule has 1 aromatic carbocycles. The van der Waals surface area contributed by atoms with Crippen LogP contribution in [0.5, 0.6) is 0 Å². The van der Waals surface area contributed by atoms with Crippen LogP contribution in [0.4, 0.5) is 5.69 Å². The molecule has 1 aromatic heterocycles. The zero-order valence-electron chi connectivity index (χ0n) is 15.2. The number of aromatic nitrogens is 2. The monoisotopic (exact) mass is 355 g/mol. The number of piperazine rings is 1. The molecule has 1 saturated heterocycles. The van der Waals surface area contributed by atoms with Crippen molar-refractivity contribution in [3.63, 3.8) is 0 Å². The Kier molecular flexibility index (Phi) is 5.70. The number of rotatable bonds is 5. The van der Waals surface area contributed by atoms with E-state index in [4.69, 9.17) is 5.21 Å². The molecule has 0 radical (unpaired) electrons. The van der Waals surface area contributed by atoms with Gasteiger partial charge in [-0.3, -0.25) is 19.6 Å². The van der Waals surface area contributed by atoms with Crippen LogP contribution in [0.25, 0.3) is 6.08 Å². The van der Waals surface area contributed by atoms with Gasteiger partial charge in [-0.1, -0.05) is 18.2 Å². The van der Waals surface area contributed by atoms with Crippen molar-refractivity contribution in [3.8, 4) is 0 Å². The second kappa shape index (κ2) is 8.16. The van der Waals surface area contributed by atoms with Crippen LogP contribution in [0, 0.1) is 6.92 Å². The van der Waals surface area contributed by atoms with Gasteiger partial charge in [-0.05, 0) is 30.7 Å². The van der Waals surface area contributed by atoms with E-state index in [0.29, 0.717) is 0 Å². The fraction of sp³-hybridized carbons (Fsp3) is 0.368. The van der Waals surface area contributed by atoms with E-state index in [1.807, 2.05) is 36.9 Å². The van der Waals surface area contributed by atoms with Crippen molar-refractivity contribution in [1.82, 2.24) is 20.2 Å². The first kappa shape index (κ1) is 18.2. The number of hydrogen-bond acceptors (Lipinski definition) is 5. The van der Waals surface area contributed by atoms with Gasteiger partial charge in [0, 0.05) is 51.5 Å². The van der Waals surface area contributed by atoms with Crippen molar-refractivity contribution in [2.24, 2.45) is 7.05 Å². The average Bonchev–Trinajstić information content (AvgIpc) is 2.97. The molecule has 7 heteroatoms. The molecule has 1 fully saturated rings. The summed E-state index contributed by atoms with van der Waals surface area (Å²) < 4.78 is 1.95. The summed E-state index contributed by atoms with van der Waals surface area (Å²) in [4.78, 5) is 16.0. The van der Waals surface area contributed by atoms with E-state index in [0.717, 1.165) is 49.7 Å². The lowest BCUT2D eigenvalue weighted by atomic mass is 10.1. The maximum atomic E-state index is 11.2. The lowest BCUT2D eigenvalue weighted by Gasteiger charge is -2.36. The SMILES string of the molecule is Cc1cc(CN2CCN(c3ccccc3C=CC(=O)NO)CC2)n(C)n1. The van der Waals surface area contributed by atoms with Crippen LogP contribution >= 0.6 is 0 Å². The van der Waals surface area contributed by atoms with Gasteiger partial charge in [0.25, 0.3) is 5.91 Å². The third kappa shape index (κ3) is 4.30. The van der Waals surface area contributed by atoms with Gasteiger partial charge >= 0.3 is 0 Å². The number of amides is 1. The maximum absolute atomic E-state index is 11.2. The van der Waals surface area contributed by atoms with E-state index < -0.39 is 5.91 Å². The number of nitrogens with one attached hydrogen (secondary N) is 1. The van der Waals surface area contributed by atoms with Gasteiger partial charge in [-0.15, -0.1) is 0 Å². The summed E-state index contributed by atoms with van der Waals surface area (Å²) in [5, 5.41) is 13.0. The number of carbonyl (C=O) groups excluding carboxylic acids is 1. The maximum Gasteiger partial charge on any atom is 0.267 e. The lowest BCUT2D eigenvalue weighted by Crippen LogP contribution is -2.46. The number of para-hydroxylation sites is 1. The molecule has 2 heterocycles. The van der Waals surface area contributed by atoms with Gasteiger partial charge in [-0.2, -0.15) is 5.10 Å². The Hall–Kier alpha value is -2.64. The Bertz CT molecular complexity index is 791. The third-order valence-corrected chi connectivity index (χ3v) is 4.66. The van der Waals surface area contributed by atoms with Gasteiger partial charge in [0.05, 0.1) is 11.4 Å². The Morgan fingerprint density at radius 1 is 1.27 bits per heavy atom. The van der Waals surface area contributed by atoms with E-state index in [1.54, 1.807) is 11.6 Å². The number of hydroxylamine groups is 1. The van der Waals surface area contributed by atoms with Crippen molar-refractivity contribution >= 4 is 17.7 Å². The molecule has 0 saturated carbocycles. The number of anilines is 1. The van der Waals surface area contributed by atoms with E-state index in [9.17, 15) is 4.79 Å². The van der Waals surface area contributed by atoms with E-state index >= 15 is 0 Å².